The molecular weight excluding hydrogens is 500 g/mol. The Bertz CT molecular complexity index is 1030. The zero-order valence-corrected chi connectivity index (χ0v) is 18.3. The summed E-state index contributed by atoms with van der Waals surface area (Å²) in [7, 11) is 11.2. The second-order valence-corrected chi connectivity index (χ2v) is 7.32. The lowest BCUT2D eigenvalue weighted by atomic mass is 10.1. The van der Waals surface area contributed by atoms with Crippen molar-refractivity contribution in [2.75, 3.05) is 18.1 Å². The van der Waals surface area contributed by atoms with Gasteiger partial charge in [-0.15, -0.1) is 0 Å². The monoisotopic (exact) mass is 516 g/mol. The number of anilines is 1. The first-order valence-corrected chi connectivity index (χ1v) is 10.2. The van der Waals surface area contributed by atoms with Crippen molar-refractivity contribution in [3.63, 3.8) is 0 Å². The summed E-state index contributed by atoms with van der Waals surface area (Å²) in [6, 6.07) is 13.4. The molecule has 0 bridgehead atoms. The molecule has 29 heavy (non-hydrogen) atoms. The number of carbonyl (C=O) groups excluding carboxylic acids is 1. The molecule has 2 aromatic carbocycles. The SMILES string of the molecule is [B]CON(C/C=C/Cl)c1cc(OCc2ccccc2)c2c(ccn2C([B])=O)c1I. The number of benzene rings is 2. The highest BCUT2D eigenvalue weighted by Gasteiger charge is 2.20. The third-order valence-corrected chi connectivity index (χ3v) is 5.49. The largest absolute Gasteiger partial charge is 0.487 e. The quantitative estimate of drug-likeness (QED) is 0.250. The van der Waals surface area contributed by atoms with E-state index in [2.05, 4.69) is 22.6 Å². The minimum atomic E-state index is -0.590. The lowest BCUT2D eigenvalue weighted by Crippen LogP contribution is -2.25. The van der Waals surface area contributed by atoms with Crippen molar-refractivity contribution in [2.45, 2.75) is 6.61 Å². The molecule has 0 N–H and O–H groups in total. The van der Waals surface area contributed by atoms with E-state index in [9.17, 15) is 4.79 Å². The molecule has 0 fully saturated rings. The molecule has 0 aliphatic heterocycles. The van der Waals surface area contributed by atoms with Gasteiger partial charge in [0.1, 0.15) is 20.2 Å². The van der Waals surface area contributed by atoms with Crippen molar-refractivity contribution in [3.05, 3.63) is 69.4 Å². The first-order chi connectivity index (χ1) is 14.1. The molecule has 144 valence electrons. The molecule has 1 aromatic heterocycles. The van der Waals surface area contributed by atoms with E-state index < -0.39 is 5.81 Å². The number of hydrogen-bond donors (Lipinski definition) is 0. The van der Waals surface area contributed by atoms with Gasteiger partial charge in [0.05, 0.1) is 17.7 Å². The van der Waals surface area contributed by atoms with Crippen LogP contribution in [0.25, 0.3) is 10.9 Å². The minimum absolute atomic E-state index is 0.00720. The van der Waals surface area contributed by atoms with Crippen molar-refractivity contribution >= 4 is 72.3 Å². The van der Waals surface area contributed by atoms with E-state index in [1.54, 1.807) is 17.3 Å². The van der Waals surface area contributed by atoms with E-state index in [1.807, 2.05) is 42.5 Å². The second kappa shape index (κ2) is 10.2. The Hall–Kier alpha value is -1.90. The Kier molecular flexibility index (Phi) is 7.69. The summed E-state index contributed by atoms with van der Waals surface area (Å²) < 4.78 is 8.32. The summed E-state index contributed by atoms with van der Waals surface area (Å²) in [4.78, 5) is 17.5. The number of hydrogen-bond acceptors (Lipinski definition) is 4. The van der Waals surface area contributed by atoms with Gasteiger partial charge in [-0.25, -0.2) is 5.06 Å². The third-order valence-electron chi connectivity index (χ3n) is 4.18. The Morgan fingerprint density at radius 2 is 2.03 bits per heavy atom. The highest BCUT2D eigenvalue weighted by Crippen LogP contribution is 2.38. The van der Waals surface area contributed by atoms with Gasteiger partial charge < -0.3 is 4.74 Å². The second-order valence-electron chi connectivity index (χ2n) is 5.99. The van der Waals surface area contributed by atoms with Crippen LogP contribution in [0.2, 0.25) is 0 Å². The van der Waals surface area contributed by atoms with Crippen molar-refractivity contribution in [1.82, 2.24) is 4.57 Å². The number of halogens is 2. The van der Waals surface area contributed by atoms with Gasteiger partial charge >= 0.3 is 0 Å². The molecule has 0 aliphatic rings. The van der Waals surface area contributed by atoms with Crippen LogP contribution >= 0.6 is 34.2 Å². The summed E-state index contributed by atoms with van der Waals surface area (Å²) in [5, 5.41) is 2.43. The third kappa shape index (κ3) is 4.99. The van der Waals surface area contributed by atoms with Crippen LogP contribution in [0.5, 0.6) is 5.75 Å². The maximum Gasteiger partial charge on any atom is 0.201 e. The van der Waals surface area contributed by atoms with Gasteiger partial charge in [-0.2, -0.15) is 0 Å². The van der Waals surface area contributed by atoms with E-state index in [0.717, 1.165) is 20.2 Å². The van der Waals surface area contributed by atoms with E-state index in [0.29, 0.717) is 24.4 Å². The maximum atomic E-state index is 11.9. The normalized spacial score (nSPS) is 11.2. The molecule has 0 aliphatic carbocycles. The molecule has 9 heteroatoms. The number of nitrogens with zero attached hydrogens (tertiary/aromatic N) is 2. The minimum Gasteiger partial charge on any atom is -0.487 e. The zero-order chi connectivity index (χ0) is 20.8. The molecule has 4 radical (unpaired) electrons. The summed E-state index contributed by atoms with van der Waals surface area (Å²) >= 11 is 7.88. The topological polar surface area (TPSA) is 43.7 Å². The van der Waals surface area contributed by atoms with Gasteiger partial charge in [-0.3, -0.25) is 14.2 Å². The Morgan fingerprint density at radius 1 is 1.28 bits per heavy atom. The number of hydroxylamine groups is 1. The number of carbonyl (C=O) groups is 1. The molecule has 3 aromatic rings. The van der Waals surface area contributed by atoms with Crippen molar-refractivity contribution in [1.29, 1.82) is 0 Å². The van der Waals surface area contributed by atoms with Gasteiger partial charge in [0.25, 0.3) is 0 Å². The van der Waals surface area contributed by atoms with Crippen LogP contribution < -0.4 is 9.80 Å². The molecule has 0 saturated heterocycles. The fourth-order valence-corrected chi connectivity index (χ4v) is 3.85. The molecule has 0 amide bonds. The van der Waals surface area contributed by atoms with E-state index in [-0.39, 0.29) is 6.51 Å². The Balaban J connectivity index is 2.10. The predicted octanol–water partition coefficient (Wildman–Crippen LogP) is 4.58. The summed E-state index contributed by atoms with van der Waals surface area (Å²) in [6.45, 7) is 0.711. The smallest absolute Gasteiger partial charge is 0.201 e. The molecule has 3 rings (SSSR count). The number of aromatic nitrogens is 1. The van der Waals surface area contributed by atoms with E-state index in [1.165, 1.54) is 10.1 Å². The summed E-state index contributed by atoms with van der Waals surface area (Å²) in [5.74, 6) is -0.0863. The van der Waals surface area contributed by atoms with Crippen LogP contribution in [0.15, 0.2) is 60.3 Å². The lowest BCUT2D eigenvalue weighted by molar-refractivity contribution is 0.155. The highest BCUT2D eigenvalue weighted by molar-refractivity contribution is 14.1. The molecule has 0 spiro atoms. The van der Waals surface area contributed by atoms with Crippen LogP contribution in [-0.4, -0.2) is 39.1 Å². The van der Waals surface area contributed by atoms with Gasteiger partial charge in [0.2, 0.25) is 7.85 Å². The number of fused-ring (bicyclic) bond motifs is 1. The van der Waals surface area contributed by atoms with Crippen LogP contribution in [0.3, 0.4) is 0 Å². The molecule has 0 atom stereocenters. The molecule has 5 nitrogen and oxygen atoms in total. The van der Waals surface area contributed by atoms with Crippen LogP contribution in [-0.2, 0) is 11.4 Å². The summed E-state index contributed by atoms with van der Waals surface area (Å²) in [6.07, 6.45) is 3.36. The molecule has 0 unspecified atom stereocenters. The summed E-state index contributed by atoms with van der Waals surface area (Å²) in [5.41, 5.74) is 3.75. The lowest BCUT2D eigenvalue weighted by Gasteiger charge is -2.25. The average molecular weight is 516 g/mol. The van der Waals surface area contributed by atoms with E-state index in [4.69, 9.17) is 36.9 Å². The standard InChI is InChI=1S/C20H16B2ClIN2O3/c21-13-29-26(9-4-8-23)16-11-17(28-12-14-5-2-1-3-6-14)19-15(18(16)24)7-10-25(19)20(22)27/h1-8,10-11H,9,12-13H2/b8-4+. The first kappa shape index (κ1) is 21.8. The van der Waals surface area contributed by atoms with Gasteiger partial charge in [-0.05, 0) is 34.2 Å². The van der Waals surface area contributed by atoms with Crippen molar-refractivity contribution in [2.24, 2.45) is 0 Å². The fourth-order valence-electron chi connectivity index (χ4n) is 2.91. The average Bonchev–Trinajstić information content (AvgIpc) is 3.18. The zero-order valence-electron chi connectivity index (χ0n) is 15.4. The van der Waals surface area contributed by atoms with E-state index >= 15 is 0 Å². The van der Waals surface area contributed by atoms with Gasteiger partial charge in [0.15, 0.2) is 5.81 Å². The van der Waals surface area contributed by atoms with Crippen LogP contribution in [0.1, 0.15) is 5.56 Å². The molecule has 1 heterocycles. The molecular formula is C20H16B2ClIN2O3. The fraction of sp³-hybridized carbons (Fsp3) is 0.150. The van der Waals surface area contributed by atoms with Gasteiger partial charge in [0, 0.05) is 33.3 Å². The van der Waals surface area contributed by atoms with Crippen molar-refractivity contribution in [3.8, 4) is 5.75 Å². The highest BCUT2D eigenvalue weighted by atomic mass is 127. The number of ether oxygens (including phenoxy) is 1. The maximum absolute atomic E-state index is 11.9. The first-order valence-electron chi connectivity index (χ1n) is 8.72. The predicted molar refractivity (Wildman–Crippen MR) is 126 cm³/mol. The van der Waals surface area contributed by atoms with Crippen LogP contribution in [0, 0.1) is 3.57 Å². The van der Waals surface area contributed by atoms with Crippen molar-refractivity contribution < 1.29 is 14.4 Å². The van der Waals surface area contributed by atoms with Crippen LogP contribution in [0.4, 0.5) is 10.5 Å². The molecule has 0 saturated carbocycles. The van der Waals surface area contributed by atoms with Gasteiger partial charge in [-0.1, -0.05) is 48.0 Å². The Labute approximate surface area is 190 Å². The Morgan fingerprint density at radius 3 is 2.69 bits per heavy atom. The number of rotatable bonds is 8.